The molecule has 0 aliphatic carbocycles. The largest absolute Gasteiger partial charge is 0.352 e. The molecule has 94 valence electrons. The van der Waals surface area contributed by atoms with Crippen molar-refractivity contribution in [2.75, 3.05) is 13.1 Å². The number of hydrogen-bond donors (Lipinski definition) is 1. The number of carbonyl (C=O) groups is 2. The summed E-state index contributed by atoms with van der Waals surface area (Å²) in [5, 5.41) is 2.91. The van der Waals surface area contributed by atoms with Gasteiger partial charge in [0, 0.05) is 19.5 Å². The van der Waals surface area contributed by atoms with Gasteiger partial charge in [-0.05, 0) is 19.3 Å². The summed E-state index contributed by atoms with van der Waals surface area (Å²) in [7, 11) is 0. The van der Waals surface area contributed by atoms with Crippen molar-refractivity contribution in [3.05, 3.63) is 0 Å². The van der Waals surface area contributed by atoms with E-state index in [4.69, 9.17) is 0 Å². The molecule has 0 aliphatic heterocycles. The third-order valence-corrected chi connectivity index (χ3v) is 2.84. The van der Waals surface area contributed by atoms with E-state index in [0.29, 0.717) is 6.54 Å². The van der Waals surface area contributed by atoms with Crippen LogP contribution in [0.15, 0.2) is 0 Å². The van der Waals surface area contributed by atoms with Gasteiger partial charge >= 0.3 is 0 Å². The lowest BCUT2D eigenvalue weighted by Gasteiger charge is -2.29. The second kappa shape index (κ2) is 5.87. The summed E-state index contributed by atoms with van der Waals surface area (Å²) in [6.45, 7) is 12.2. The number of carbonyl (C=O) groups excluding carboxylic acids is 2. The van der Waals surface area contributed by atoms with Crippen LogP contribution in [-0.4, -0.2) is 35.8 Å². The summed E-state index contributed by atoms with van der Waals surface area (Å²) in [4.78, 5) is 24.3. The van der Waals surface area contributed by atoms with Crippen molar-refractivity contribution in [2.24, 2.45) is 5.41 Å². The molecule has 0 spiro atoms. The van der Waals surface area contributed by atoms with Crippen molar-refractivity contribution < 1.29 is 9.59 Å². The maximum Gasteiger partial charge on any atom is 0.239 e. The zero-order valence-electron chi connectivity index (χ0n) is 11.3. The highest BCUT2D eigenvalue weighted by molar-refractivity contribution is 5.83. The van der Waals surface area contributed by atoms with Crippen LogP contribution in [0.4, 0.5) is 0 Å². The predicted molar refractivity (Wildman–Crippen MR) is 65.0 cm³/mol. The van der Waals surface area contributed by atoms with E-state index in [-0.39, 0.29) is 29.8 Å². The third kappa shape index (κ3) is 5.14. The highest BCUT2D eigenvalue weighted by Gasteiger charge is 2.22. The monoisotopic (exact) mass is 228 g/mol. The topological polar surface area (TPSA) is 49.4 Å². The highest BCUT2D eigenvalue weighted by atomic mass is 16.2. The Bertz CT molecular complexity index is 256. The average Bonchev–Trinajstić information content (AvgIpc) is 2.11. The number of nitrogens with one attached hydrogen (secondary N) is 1. The molecule has 0 aromatic rings. The lowest BCUT2D eigenvalue weighted by Crippen LogP contribution is -2.46. The average molecular weight is 228 g/mol. The molecule has 4 heteroatoms. The lowest BCUT2D eigenvalue weighted by atomic mass is 9.88. The molecule has 16 heavy (non-hydrogen) atoms. The first kappa shape index (κ1) is 14.9. The van der Waals surface area contributed by atoms with E-state index in [1.807, 2.05) is 13.8 Å². The van der Waals surface area contributed by atoms with E-state index in [1.54, 1.807) is 0 Å². The van der Waals surface area contributed by atoms with E-state index in [9.17, 15) is 9.59 Å². The smallest absolute Gasteiger partial charge is 0.239 e. The lowest BCUT2D eigenvalue weighted by molar-refractivity contribution is -0.134. The van der Waals surface area contributed by atoms with E-state index in [2.05, 4.69) is 26.1 Å². The van der Waals surface area contributed by atoms with Gasteiger partial charge in [0.2, 0.25) is 11.8 Å². The van der Waals surface area contributed by atoms with E-state index < -0.39 is 0 Å². The molecule has 2 amide bonds. The van der Waals surface area contributed by atoms with Gasteiger partial charge < -0.3 is 10.2 Å². The highest BCUT2D eigenvalue weighted by Crippen LogP contribution is 2.18. The molecule has 4 nitrogen and oxygen atoms in total. The fraction of sp³-hybridized carbons (Fsp3) is 0.833. The fourth-order valence-electron chi connectivity index (χ4n) is 1.12. The summed E-state index contributed by atoms with van der Waals surface area (Å²) in [6.07, 6.45) is 0. The first-order valence-corrected chi connectivity index (χ1v) is 5.73. The first-order chi connectivity index (χ1) is 7.18. The number of amides is 2. The van der Waals surface area contributed by atoms with Gasteiger partial charge in [-0.1, -0.05) is 20.8 Å². The van der Waals surface area contributed by atoms with Gasteiger partial charge in [0.05, 0.1) is 6.54 Å². The number of rotatable bonds is 4. The molecule has 0 heterocycles. The van der Waals surface area contributed by atoms with Crippen LogP contribution < -0.4 is 5.32 Å². The van der Waals surface area contributed by atoms with Crippen LogP contribution in [0.2, 0.25) is 0 Å². The normalized spacial score (nSPS) is 13.1. The Morgan fingerprint density at radius 3 is 2.12 bits per heavy atom. The van der Waals surface area contributed by atoms with Gasteiger partial charge in [-0.3, -0.25) is 9.59 Å². The van der Waals surface area contributed by atoms with Crippen LogP contribution in [0.5, 0.6) is 0 Å². The molecule has 0 rings (SSSR count). The van der Waals surface area contributed by atoms with Crippen LogP contribution in [0, 0.1) is 5.41 Å². The van der Waals surface area contributed by atoms with Gasteiger partial charge in [0.1, 0.15) is 0 Å². The molecule has 0 bridgehead atoms. The number of nitrogens with zero attached hydrogens (tertiary/aromatic N) is 1. The van der Waals surface area contributed by atoms with Gasteiger partial charge in [0.25, 0.3) is 0 Å². The third-order valence-electron chi connectivity index (χ3n) is 2.84. The molecule has 1 N–H and O–H groups in total. The van der Waals surface area contributed by atoms with Crippen molar-refractivity contribution >= 4 is 11.8 Å². The number of likely N-dealkylation sites (N-methyl/N-ethyl adjacent to an activating group) is 1. The van der Waals surface area contributed by atoms with Crippen molar-refractivity contribution in [1.29, 1.82) is 0 Å². The van der Waals surface area contributed by atoms with Crippen LogP contribution in [0.3, 0.4) is 0 Å². The maximum atomic E-state index is 11.7. The van der Waals surface area contributed by atoms with Gasteiger partial charge in [0.15, 0.2) is 0 Å². The van der Waals surface area contributed by atoms with Crippen LogP contribution in [0.1, 0.15) is 41.5 Å². The fourth-order valence-corrected chi connectivity index (χ4v) is 1.12. The molecule has 0 unspecified atom stereocenters. The summed E-state index contributed by atoms with van der Waals surface area (Å²) in [5.74, 6) is -0.166. The molecular weight excluding hydrogens is 204 g/mol. The van der Waals surface area contributed by atoms with Crippen molar-refractivity contribution in [1.82, 2.24) is 10.2 Å². The number of hydrogen-bond acceptors (Lipinski definition) is 2. The Morgan fingerprint density at radius 1 is 1.31 bits per heavy atom. The van der Waals surface area contributed by atoms with E-state index in [1.165, 1.54) is 11.8 Å². The molecule has 0 radical (unpaired) electrons. The minimum absolute atomic E-state index is 0.0307. The summed E-state index contributed by atoms with van der Waals surface area (Å²) in [5.41, 5.74) is 0.0307. The van der Waals surface area contributed by atoms with E-state index in [0.717, 1.165) is 0 Å². The second-order valence-electron chi connectivity index (χ2n) is 5.19. The maximum absolute atomic E-state index is 11.7. The van der Waals surface area contributed by atoms with Crippen molar-refractivity contribution in [3.8, 4) is 0 Å². The van der Waals surface area contributed by atoms with Gasteiger partial charge in [-0.2, -0.15) is 0 Å². The SMILES string of the molecule is CCN(CC(=O)N[C@@H](C)C(C)(C)C)C(C)=O. The molecule has 0 aliphatic rings. The Labute approximate surface area is 98.4 Å². The summed E-state index contributed by atoms with van der Waals surface area (Å²) in [6, 6.07) is 0.0886. The summed E-state index contributed by atoms with van der Waals surface area (Å²) >= 11 is 0. The first-order valence-electron chi connectivity index (χ1n) is 5.73. The predicted octanol–water partition coefficient (Wildman–Crippen LogP) is 1.41. The standard InChI is InChI=1S/C12H24N2O2/c1-7-14(10(3)15)8-11(16)13-9(2)12(4,5)6/h9H,7-8H2,1-6H3,(H,13,16)/t9-/m0/s1. The molecule has 1 atom stereocenters. The summed E-state index contributed by atoms with van der Waals surface area (Å²) < 4.78 is 0. The molecule has 0 fully saturated rings. The molecule has 0 aromatic heterocycles. The van der Waals surface area contributed by atoms with Crippen molar-refractivity contribution in [2.45, 2.75) is 47.6 Å². The Balaban J connectivity index is 4.23. The Kier molecular flexibility index (Phi) is 5.48. The van der Waals surface area contributed by atoms with Gasteiger partial charge in [-0.15, -0.1) is 0 Å². The Hall–Kier alpha value is -1.06. The van der Waals surface area contributed by atoms with Gasteiger partial charge in [-0.25, -0.2) is 0 Å². The Morgan fingerprint density at radius 2 is 1.81 bits per heavy atom. The van der Waals surface area contributed by atoms with Crippen molar-refractivity contribution in [3.63, 3.8) is 0 Å². The zero-order valence-corrected chi connectivity index (χ0v) is 11.3. The van der Waals surface area contributed by atoms with Crippen LogP contribution in [0.25, 0.3) is 0 Å². The second-order valence-corrected chi connectivity index (χ2v) is 5.19. The minimum atomic E-state index is -0.0977. The molecule has 0 aromatic carbocycles. The quantitative estimate of drug-likeness (QED) is 0.791. The van der Waals surface area contributed by atoms with Crippen LogP contribution >= 0.6 is 0 Å². The molecular formula is C12H24N2O2. The minimum Gasteiger partial charge on any atom is -0.352 e. The zero-order chi connectivity index (χ0) is 12.9. The molecule has 0 saturated heterocycles. The van der Waals surface area contributed by atoms with E-state index >= 15 is 0 Å². The molecule has 0 saturated carbocycles. The van der Waals surface area contributed by atoms with Crippen LogP contribution in [-0.2, 0) is 9.59 Å².